The average Bonchev–Trinajstić information content (AvgIpc) is 3.27. The molecule has 7 heteroatoms. The standard InChI is InChI=1S/C26H27N3O4/c1-19-5-4-14-29-17-21(27-25(19)29)18-33-24-8-6-20(7-9-24)26(30)28(2)15-16-32-23-12-10-22(31-3)11-13-23/h4-14,17H,15-16,18H2,1-3H3. The van der Waals surface area contributed by atoms with Crippen molar-refractivity contribution in [3.8, 4) is 17.2 Å². The number of aromatic nitrogens is 2. The van der Waals surface area contributed by atoms with Gasteiger partial charge in [0.25, 0.3) is 5.91 Å². The van der Waals surface area contributed by atoms with E-state index in [2.05, 4.69) is 4.98 Å². The Morgan fingerprint density at radius 3 is 2.33 bits per heavy atom. The Labute approximate surface area is 193 Å². The molecule has 0 saturated carbocycles. The van der Waals surface area contributed by atoms with Crippen molar-refractivity contribution in [2.45, 2.75) is 13.5 Å². The molecule has 0 unspecified atom stereocenters. The van der Waals surface area contributed by atoms with E-state index in [0.29, 0.717) is 31.1 Å². The third-order valence-corrected chi connectivity index (χ3v) is 5.32. The predicted molar refractivity (Wildman–Crippen MR) is 126 cm³/mol. The molecular formula is C26H27N3O4. The van der Waals surface area contributed by atoms with Crippen LogP contribution in [0.5, 0.6) is 17.2 Å². The maximum absolute atomic E-state index is 12.7. The first-order valence-electron chi connectivity index (χ1n) is 10.7. The molecule has 0 atom stereocenters. The highest BCUT2D eigenvalue weighted by Gasteiger charge is 2.12. The molecule has 4 rings (SSSR count). The van der Waals surface area contributed by atoms with E-state index in [1.807, 2.05) is 60.1 Å². The fraction of sp³-hybridized carbons (Fsp3) is 0.231. The Morgan fingerprint density at radius 1 is 0.970 bits per heavy atom. The Bertz CT molecular complexity index is 1220. The van der Waals surface area contributed by atoms with Gasteiger partial charge >= 0.3 is 0 Å². The zero-order chi connectivity index (χ0) is 23.2. The topological polar surface area (TPSA) is 65.3 Å². The zero-order valence-electron chi connectivity index (χ0n) is 19.0. The predicted octanol–water partition coefficient (Wildman–Crippen LogP) is 4.38. The van der Waals surface area contributed by atoms with Gasteiger partial charge in [-0.1, -0.05) is 6.07 Å². The molecule has 33 heavy (non-hydrogen) atoms. The summed E-state index contributed by atoms with van der Waals surface area (Å²) in [4.78, 5) is 18.9. The lowest BCUT2D eigenvalue weighted by Gasteiger charge is -2.18. The SMILES string of the molecule is COc1ccc(OCCN(C)C(=O)c2ccc(OCc3cn4cccc(C)c4n3)cc2)cc1. The third-order valence-electron chi connectivity index (χ3n) is 5.32. The van der Waals surface area contributed by atoms with Crippen LogP contribution in [0.25, 0.3) is 5.65 Å². The van der Waals surface area contributed by atoms with E-state index in [0.717, 1.165) is 28.4 Å². The first kappa shape index (κ1) is 22.2. The first-order valence-corrected chi connectivity index (χ1v) is 10.7. The fourth-order valence-electron chi connectivity index (χ4n) is 3.42. The number of ether oxygens (including phenoxy) is 3. The van der Waals surface area contributed by atoms with Gasteiger partial charge in [-0.15, -0.1) is 0 Å². The van der Waals surface area contributed by atoms with Crippen molar-refractivity contribution in [2.24, 2.45) is 0 Å². The fourth-order valence-corrected chi connectivity index (χ4v) is 3.42. The van der Waals surface area contributed by atoms with E-state index < -0.39 is 0 Å². The summed E-state index contributed by atoms with van der Waals surface area (Å²) >= 11 is 0. The molecule has 0 bridgehead atoms. The second kappa shape index (κ2) is 10.1. The van der Waals surface area contributed by atoms with Crippen LogP contribution in [0.4, 0.5) is 0 Å². The summed E-state index contributed by atoms with van der Waals surface area (Å²) in [6.45, 7) is 3.26. The number of amides is 1. The molecule has 0 spiro atoms. The number of pyridine rings is 1. The Morgan fingerprint density at radius 2 is 1.64 bits per heavy atom. The summed E-state index contributed by atoms with van der Waals surface area (Å²) in [6, 6.07) is 18.5. The van der Waals surface area contributed by atoms with Crippen LogP contribution in [0, 0.1) is 6.92 Å². The highest BCUT2D eigenvalue weighted by molar-refractivity contribution is 5.94. The molecule has 2 aromatic heterocycles. The molecule has 0 aliphatic rings. The van der Waals surface area contributed by atoms with Crippen molar-refractivity contribution >= 4 is 11.6 Å². The summed E-state index contributed by atoms with van der Waals surface area (Å²) in [7, 11) is 3.38. The number of likely N-dealkylation sites (N-methyl/N-ethyl adjacent to an activating group) is 1. The van der Waals surface area contributed by atoms with Gasteiger partial charge in [0.15, 0.2) is 0 Å². The van der Waals surface area contributed by atoms with Crippen LogP contribution in [0.1, 0.15) is 21.6 Å². The maximum Gasteiger partial charge on any atom is 0.253 e. The Balaban J connectivity index is 1.27. The molecule has 7 nitrogen and oxygen atoms in total. The zero-order valence-corrected chi connectivity index (χ0v) is 19.0. The lowest BCUT2D eigenvalue weighted by atomic mass is 10.2. The summed E-state index contributed by atoms with van der Waals surface area (Å²) in [5.74, 6) is 2.12. The molecule has 4 aromatic rings. The molecule has 0 N–H and O–H groups in total. The maximum atomic E-state index is 12.7. The summed E-state index contributed by atoms with van der Waals surface area (Å²) in [6.07, 6.45) is 3.93. The molecule has 0 aliphatic carbocycles. The number of benzene rings is 2. The van der Waals surface area contributed by atoms with Crippen LogP contribution in [-0.4, -0.2) is 47.5 Å². The molecule has 2 aromatic carbocycles. The van der Waals surface area contributed by atoms with Crippen LogP contribution in [0.3, 0.4) is 0 Å². The number of methoxy groups -OCH3 is 1. The van der Waals surface area contributed by atoms with Gasteiger partial charge in [-0.25, -0.2) is 4.98 Å². The van der Waals surface area contributed by atoms with Gasteiger partial charge in [0.05, 0.1) is 19.3 Å². The van der Waals surface area contributed by atoms with Gasteiger partial charge in [0, 0.05) is 25.0 Å². The second-order valence-corrected chi connectivity index (χ2v) is 7.72. The van der Waals surface area contributed by atoms with Crippen LogP contribution < -0.4 is 14.2 Å². The van der Waals surface area contributed by atoms with Gasteiger partial charge in [-0.05, 0) is 67.1 Å². The summed E-state index contributed by atoms with van der Waals surface area (Å²) in [5.41, 5.74) is 3.49. The minimum absolute atomic E-state index is 0.0734. The number of aryl methyl sites for hydroxylation is 1. The van der Waals surface area contributed by atoms with Crippen LogP contribution in [0.2, 0.25) is 0 Å². The second-order valence-electron chi connectivity index (χ2n) is 7.72. The van der Waals surface area contributed by atoms with Crippen molar-refractivity contribution < 1.29 is 19.0 Å². The lowest BCUT2D eigenvalue weighted by Crippen LogP contribution is -2.30. The summed E-state index contributed by atoms with van der Waals surface area (Å²) < 4.78 is 18.7. The highest BCUT2D eigenvalue weighted by atomic mass is 16.5. The van der Waals surface area contributed by atoms with Crippen LogP contribution in [0.15, 0.2) is 73.1 Å². The van der Waals surface area contributed by atoms with E-state index in [1.165, 1.54) is 0 Å². The van der Waals surface area contributed by atoms with Gasteiger partial charge in [0.1, 0.15) is 36.1 Å². The average molecular weight is 446 g/mol. The molecule has 0 radical (unpaired) electrons. The van der Waals surface area contributed by atoms with E-state index >= 15 is 0 Å². The van der Waals surface area contributed by atoms with Gasteiger partial charge < -0.3 is 23.5 Å². The number of carbonyl (C=O) groups excluding carboxylic acids is 1. The summed E-state index contributed by atoms with van der Waals surface area (Å²) in [5, 5.41) is 0. The monoisotopic (exact) mass is 445 g/mol. The Kier molecular flexibility index (Phi) is 6.78. The minimum atomic E-state index is -0.0734. The van der Waals surface area contributed by atoms with Crippen molar-refractivity contribution in [1.29, 1.82) is 0 Å². The number of hydrogen-bond acceptors (Lipinski definition) is 5. The largest absolute Gasteiger partial charge is 0.497 e. The van der Waals surface area contributed by atoms with Crippen LogP contribution >= 0.6 is 0 Å². The first-order chi connectivity index (χ1) is 16.0. The number of rotatable bonds is 9. The van der Waals surface area contributed by atoms with Crippen molar-refractivity contribution in [3.05, 3.63) is 89.9 Å². The van der Waals surface area contributed by atoms with Gasteiger partial charge in [-0.3, -0.25) is 4.79 Å². The van der Waals surface area contributed by atoms with Gasteiger partial charge in [-0.2, -0.15) is 0 Å². The van der Waals surface area contributed by atoms with Crippen molar-refractivity contribution in [2.75, 3.05) is 27.3 Å². The molecule has 0 aliphatic heterocycles. The smallest absolute Gasteiger partial charge is 0.253 e. The molecule has 170 valence electrons. The van der Waals surface area contributed by atoms with E-state index in [1.54, 1.807) is 43.3 Å². The quantitative estimate of drug-likeness (QED) is 0.383. The molecule has 0 saturated heterocycles. The normalized spacial score (nSPS) is 10.8. The van der Waals surface area contributed by atoms with Crippen molar-refractivity contribution in [3.63, 3.8) is 0 Å². The molecular weight excluding hydrogens is 418 g/mol. The van der Waals surface area contributed by atoms with Gasteiger partial charge in [0.2, 0.25) is 0 Å². The van der Waals surface area contributed by atoms with E-state index in [4.69, 9.17) is 14.2 Å². The highest BCUT2D eigenvalue weighted by Crippen LogP contribution is 2.18. The molecule has 0 fully saturated rings. The van der Waals surface area contributed by atoms with E-state index in [-0.39, 0.29) is 5.91 Å². The number of imidazole rings is 1. The number of hydrogen-bond donors (Lipinski definition) is 0. The number of nitrogens with zero attached hydrogens (tertiary/aromatic N) is 3. The Hall–Kier alpha value is -4.00. The molecule has 2 heterocycles. The van der Waals surface area contributed by atoms with Crippen molar-refractivity contribution in [1.82, 2.24) is 14.3 Å². The minimum Gasteiger partial charge on any atom is -0.497 e. The molecule has 1 amide bonds. The number of fused-ring (bicyclic) bond motifs is 1. The third kappa shape index (κ3) is 5.44. The lowest BCUT2D eigenvalue weighted by molar-refractivity contribution is 0.0773. The van der Waals surface area contributed by atoms with E-state index in [9.17, 15) is 4.79 Å². The number of carbonyl (C=O) groups is 1. The van der Waals surface area contributed by atoms with Crippen LogP contribution in [-0.2, 0) is 6.61 Å².